The van der Waals surface area contributed by atoms with Crippen LogP contribution in [0.25, 0.3) is 8.25 Å². The van der Waals surface area contributed by atoms with Gasteiger partial charge in [0.2, 0.25) is 0 Å². The third kappa shape index (κ3) is 38.9. The van der Waals surface area contributed by atoms with Crippen molar-refractivity contribution in [3.05, 3.63) is 32.1 Å². The zero-order chi connectivity index (χ0) is 51.2. The van der Waals surface area contributed by atoms with Crippen LogP contribution in [0.3, 0.4) is 0 Å². The molecular formula is C29H58Cl2F12N4O8P3RuS4+4. The number of halogens is 14. The van der Waals surface area contributed by atoms with Gasteiger partial charge in [-0.1, -0.05) is 0 Å². The SMILES string of the molecule is CC[PH+](CC)CC.CC[PH+](CC)CC.CC[PH+](CC)CC.Cc1ccnc(N)c1.ClCCl.O=S(=O)([N-]S(=O)(=O)C(F)(F)F)C(F)(F)F.O=S(=O)([N-]S(=O)(=O)C(F)(F)F)C(F)(F)F.[Ru+3]. The van der Waals surface area contributed by atoms with E-state index in [0.717, 1.165) is 13.8 Å². The molecule has 0 fully saturated rings. The molecule has 0 aromatic carbocycles. The summed E-state index contributed by atoms with van der Waals surface area (Å²) in [5.74, 6) is 0.588. The number of rotatable bonds is 13. The van der Waals surface area contributed by atoms with Gasteiger partial charge in [0.15, 0.2) is 40.1 Å². The van der Waals surface area contributed by atoms with Crippen LogP contribution in [-0.4, -0.2) is 121 Å². The summed E-state index contributed by atoms with van der Waals surface area (Å²) in [5.41, 5.74) is -18.3. The van der Waals surface area contributed by atoms with E-state index in [1.54, 1.807) is 6.20 Å². The first kappa shape index (κ1) is 77.5. The topological polar surface area (TPSA) is 204 Å². The Hall–Kier alpha value is 0.323. The fraction of sp³-hybridized carbons (Fsp3) is 0.828. The van der Waals surface area contributed by atoms with Crippen molar-refractivity contribution in [3.8, 4) is 0 Å². The quantitative estimate of drug-likeness (QED) is 0.0856. The molecule has 0 aliphatic heterocycles. The van der Waals surface area contributed by atoms with E-state index >= 15 is 0 Å². The molecule has 0 spiro atoms. The van der Waals surface area contributed by atoms with Crippen molar-refractivity contribution in [3.63, 3.8) is 0 Å². The fourth-order valence-corrected chi connectivity index (χ4v) is 11.2. The van der Waals surface area contributed by atoms with Gasteiger partial charge in [0.05, 0.1) is 60.8 Å². The number of nitrogen functional groups attached to an aromatic ring is 1. The van der Waals surface area contributed by atoms with Crippen LogP contribution in [0.15, 0.2) is 18.3 Å². The molecule has 0 saturated carbocycles. The number of pyridine rings is 1. The first-order chi connectivity index (χ1) is 27.7. The van der Waals surface area contributed by atoms with E-state index in [1.165, 1.54) is 55.5 Å². The number of nitrogens with two attached hydrogens (primary N) is 1. The molecule has 0 atom stereocenters. The standard InChI is InChI=1S/C6H8N2.3C6H15P.2C2F6NO4S2.CH2Cl2.Ru/c1-5-2-3-8-6(7)4-5;3*1-4-7(5-2)6-3;2*3-1(4,5)14(10,11)9-15(12,13)2(6,7)8;2-1-3;/h2-4H,1H3,(H2,7,8);3*4-6H2,1-3H3;;;1H2;/q;;;;2*-1;;+3/p+3. The van der Waals surface area contributed by atoms with Crippen LogP contribution < -0.4 is 5.73 Å². The molecule has 0 unspecified atom stereocenters. The molecule has 0 bridgehead atoms. The number of aromatic nitrogens is 1. The molecule has 0 saturated heterocycles. The number of hydrogen-bond acceptors (Lipinski definition) is 10. The minimum atomic E-state index is -6.72. The molecule has 63 heavy (non-hydrogen) atoms. The van der Waals surface area contributed by atoms with Crippen LogP contribution in [0.4, 0.5) is 58.5 Å². The van der Waals surface area contributed by atoms with E-state index in [2.05, 4.69) is 67.3 Å². The van der Waals surface area contributed by atoms with Gasteiger partial charge in [0, 0.05) is 6.20 Å². The van der Waals surface area contributed by atoms with Crippen LogP contribution in [-0.2, 0) is 59.6 Å². The molecule has 0 aliphatic rings. The van der Waals surface area contributed by atoms with Crippen molar-refractivity contribution in [2.75, 3.05) is 66.5 Å². The molecule has 1 rings (SSSR count). The van der Waals surface area contributed by atoms with E-state index < -0.39 is 62.1 Å². The molecule has 0 amide bonds. The van der Waals surface area contributed by atoms with Gasteiger partial charge < -0.3 is 14.0 Å². The predicted octanol–water partition coefficient (Wildman–Crippen LogP) is 11.3. The number of sulfonamides is 4. The molecule has 383 valence electrons. The van der Waals surface area contributed by atoms with Crippen molar-refractivity contribution in [1.82, 2.24) is 4.98 Å². The van der Waals surface area contributed by atoms with E-state index in [-0.39, 0.29) is 48.6 Å². The maximum absolute atomic E-state index is 11.4. The van der Waals surface area contributed by atoms with Crippen LogP contribution in [0.1, 0.15) is 67.9 Å². The van der Waals surface area contributed by atoms with E-state index in [1.807, 2.05) is 19.1 Å². The Labute approximate surface area is 391 Å². The molecule has 1 aromatic rings. The summed E-state index contributed by atoms with van der Waals surface area (Å²) in [6.45, 7) is 22.7. The Morgan fingerprint density at radius 2 is 0.683 bits per heavy atom. The average molecular weight is 1210 g/mol. The summed E-state index contributed by atoms with van der Waals surface area (Å²) in [6.07, 6.45) is 14.8. The van der Waals surface area contributed by atoms with Gasteiger partial charge in [-0.05, 0) is 111 Å². The second-order valence-electron chi connectivity index (χ2n) is 11.1. The Morgan fingerprint density at radius 3 is 0.762 bits per heavy atom. The first-order valence-electron chi connectivity index (χ1n) is 17.7. The second kappa shape index (κ2) is 37.2. The fourth-order valence-electron chi connectivity index (χ4n) is 3.24. The van der Waals surface area contributed by atoms with Gasteiger partial charge in [-0.2, -0.15) is 52.7 Å². The molecule has 34 heteroatoms. The maximum Gasteiger partial charge on any atom is 3.00 e. The van der Waals surface area contributed by atoms with Crippen molar-refractivity contribution < 1.29 is 106 Å². The summed E-state index contributed by atoms with van der Waals surface area (Å²) in [5, 5.41) is 0.194. The van der Waals surface area contributed by atoms with Crippen LogP contribution in [0, 0.1) is 6.92 Å². The summed E-state index contributed by atoms with van der Waals surface area (Å²) < 4.78 is 218. The smallest absolute Gasteiger partial charge is 0.421 e. The molecule has 1 heterocycles. The van der Waals surface area contributed by atoms with E-state index in [4.69, 9.17) is 28.9 Å². The molecule has 1 aromatic heterocycles. The van der Waals surface area contributed by atoms with Crippen LogP contribution in [0.5, 0.6) is 0 Å². The molecular weight excluding hydrogens is 1150 g/mol. The van der Waals surface area contributed by atoms with Crippen LogP contribution >= 0.6 is 47.0 Å². The van der Waals surface area contributed by atoms with Crippen molar-refractivity contribution in [1.29, 1.82) is 0 Å². The Kier molecular flexibility index (Phi) is 45.8. The van der Waals surface area contributed by atoms with E-state index in [0.29, 0.717) is 5.82 Å². The summed E-state index contributed by atoms with van der Waals surface area (Å²) >= 11 is 9.53. The first-order valence-corrected chi connectivity index (χ1v) is 30.9. The predicted molar refractivity (Wildman–Crippen MR) is 236 cm³/mol. The minimum Gasteiger partial charge on any atom is -0.421 e. The Morgan fingerprint density at radius 1 is 0.508 bits per heavy atom. The zero-order valence-corrected chi connectivity index (χ0v) is 45.3. The molecule has 2 N–H and O–H groups in total. The van der Waals surface area contributed by atoms with Gasteiger partial charge in [-0.15, -0.1) is 23.2 Å². The molecule has 12 nitrogen and oxygen atoms in total. The number of alkyl halides is 14. The average Bonchev–Trinajstić information content (AvgIpc) is 3.09. The Balaban J connectivity index is -0.000000121. The van der Waals surface area contributed by atoms with Gasteiger partial charge in [0.1, 0.15) is 5.82 Å². The summed E-state index contributed by atoms with van der Waals surface area (Å²) in [6, 6.07) is 3.75. The van der Waals surface area contributed by atoms with E-state index in [9.17, 15) is 86.4 Å². The summed E-state index contributed by atoms with van der Waals surface area (Å²) in [7, 11) is -26.5. The largest absolute Gasteiger partial charge is 3.00 e. The van der Waals surface area contributed by atoms with Gasteiger partial charge >= 0.3 is 41.5 Å². The third-order valence-electron chi connectivity index (χ3n) is 7.00. The van der Waals surface area contributed by atoms with Crippen molar-refractivity contribution >= 4 is 92.9 Å². The van der Waals surface area contributed by atoms with Crippen molar-refractivity contribution in [2.45, 2.75) is 91.3 Å². The molecule has 1 radical (unpaired) electrons. The third-order valence-corrected chi connectivity index (χ3v) is 21.5. The summed E-state index contributed by atoms with van der Waals surface area (Å²) in [4.78, 5) is 3.82. The number of nitrogens with zero attached hydrogens (tertiary/aromatic N) is 3. The second-order valence-corrected chi connectivity index (χ2v) is 29.6. The van der Waals surface area contributed by atoms with Crippen molar-refractivity contribution in [2.24, 2.45) is 0 Å². The van der Waals surface area contributed by atoms with Gasteiger partial charge in [-0.3, -0.25) is 0 Å². The monoisotopic (exact) mass is 1210 g/mol. The Bertz CT molecular complexity index is 1510. The van der Waals surface area contributed by atoms with Crippen LogP contribution in [0.2, 0.25) is 0 Å². The normalized spacial score (nSPS) is 12.2. The maximum atomic E-state index is 11.4. The minimum absolute atomic E-state index is 0. The number of hydrogen-bond donors (Lipinski definition) is 1. The number of anilines is 1. The van der Waals surface area contributed by atoms with Gasteiger partial charge in [-0.25, -0.2) is 38.7 Å². The zero-order valence-electron chi connectivity index (χ0n) is 35.8. The number of aryl methyl sites for hydroxylation is 1. The van der Waals surface area contributed by atoms with Gasteiger partial charge in [0.25, 0.3) is 0 Å². The molecule has 0 aliphatic carbocycles.